The van der Waals surface area contributed by atoms with E-state index in [0.717, 1.165) is 19.3 Å². The van der Waals surface area contributed by atoms with Gasteiger partial charge in [0.15, 0.2) is 6.17 Å². The number of nitrogens with one attached hydrogen (secondary N) is 1. The number of nitrogens with zero attached hydrogens (tertiary/aromatic N) is 3. The predicted molar refractivity (Wildman–Crippen MR) is 92.3 cm³/mol. The molecule has 0 aliphatic carbocycles. The molecule has 0 radical (unpaired) electrons. The number of benzene rings is 1. The van der Waals surface area contributed by atoms with Crippen molar-refractivity contribution in [3.63, 3.8) is 0 Å². The minimum atomic E-state index is -1.06. The van der Waals surface area contributed by atoms with E-state index in [-0.39, 0.29) is 17.7 Å². The largest absolute Gasteiger partial charge is 0.507 e. The Morgan fingerprint density at radius 3 is 2.85 bits per heavy atom. The zero-order valence-electron chi connectivity index (χ0n) is 14.1. The highest BCUT2D eigenvalue weighted by atomic mass is 19.1. The van der Waals surface area contributed by atoms with E-state index < -0.39 is 12.3 Å². The SMILES string of the molecule is N#Cc1ccc(-c2ccc(O[C@H]3CC4CCCC(N4)[C@H]3F)nn2)c(O)c1. The fourth-order valence-corrected chi connectivity index (χ4v) is 3.77. The number of aromatic nitrogens is 2. The lowest BCUT2D eigenvalue weighted by molar-refractivity contribution is 0.00652. The summed E-state index contributed by atoms with van der Waals surface area (Å²) < 4.78 is 20.3. The maximum atomic E-state index is 14.6. The number of ether oxygens (including phenoxy) is 1. The summed E-state index contributed by atoms with van der Waals surface area (Å²) in [6.07, 6.45) is 1.98. The molecule has 1 aromatic carbocycles. The summed E-state index contributed by atoms with van der Waals surface area (Å²) in [4.78, 5) is 0. The smallest absolute Gasteiger partial charge is 0.233 e. The molecule has 2 bridgehead atoms. The van der Waals surface area contributed by atoms with Gasteiger partial charge in [-0.2, -0.15) is 5.26 Å². The molecule has 2 aliphatic rings. The predicted octanol–water partition coefficient (Wildman–Crippen LogP) is 2.72. The number of aromatic hydroxyl groups is 1. The van der Waals surface area contributed by atoms with Crippen molar-refractivity contribution in [2.45, 2.75) is 50.0 Å². The molecule has 0 spiro atoms. The number of fused-ring (bicyclic) bond motifs is 2. The Labute approximate surface area is 150 Å². The van der Waals surface area contributed by atoms with Crippen LogP contribution in [0.25, 0.3) is 11.3 Å². The van der Waals surface area contributed by atoms with Crippen LogP contribution in [0.4, 0.5) is 4.39 Å². The number of hydrogen-bond acceptors (Lipinski definition) is 6. The Morgan fingerprint density at radius 2 is 2.12 bits per heavy atom. The van der Waals surface area contributed by atoms with Crippen LogP contribution in [0.3, 0.4) is 0 Å². The molecule has 2 aliphatic heterocycles. The van der Waals surface area contributed by atoms with Gasteiger partial charge in [0.25, 0.3) is 0 Å². The van der Waals surface area contributed by atoms with E-state index in [1.807, 2.05) is 6.07 Å². The third kappa shape index (κ3) is 3.20. The third-order valence-electron chi connectivity index (χ3n) is 5.09. The number of hydrogen-bond donors (Lipinski definition) is 2. The highest BCUT2D eigenvalue weighted by Crippen LogP contribution is 2.31. The zero-order chi connectivity index (χ0) is 18.1. The van der Waals surface area contributed by atoms with E-state index in [9.17, 15) is 9.50 Å². The van der Waals surface area contributed by atoms with Crippen LogP contribution in [0.5, 0.6) is 11.6 Å². The molecule has 0 amide bonds. The van der Waals surface area contributed by atoms with Crippen molar-refractivity contribution in [2.75, 3.05) is 0 Å². The number of rotatable bonds is 3. The van der Waals surface area contributed by atoms with Crippen molar-refractivity contribution in [1.82, 2.24) is 15.5 Å². The van der Waals surface area contributed by atoms with Crippen LogP contribution in [0.15, 0.2) is 30.3 Å². The molecule has 2 fully saturated rings. The lowest BCUT2D eigenvalue weighted by atomic mass is 9.84. The van der Waals surface area contributed by atoms with Gasteiger partial charge in [0.1, 0.15) is 11.9 Å². The van der Waals surface area contributed by atoms with Gasteiger partial charge in [0.05, 0.1) is 17.3 Å². The van der Waals surface area contributed by atoms with Crippen LogP contribution in [0.1, 0.15) is 31.2 Å². The monoisotopic (exact) mass is 354 g/mol. The second kappa shape index (κ2) is 6.89. The molecule has 26 heavy (non-hydrogen) atoms. The Balaban J connectivity index is 1.49. The number of phenolic OH excluding ortho intramolecular Hbond substituents is 1. The Kier molecular flexibility index (Phi) is 4.43. The summed E-state index contributed by atoms with van der Waals surface area (Å²) in [7, 11) is 0. The Hall–Kier alpha value is -2.72. The van der Waals surface area contributed by atoms with Crippen molar-refractivity contribution < 1.29 is 14.2 Å². The molecule has 0 saturated carbocycles. The van der Waals surface area contributed by atoms with E-state index in [4.69, 9.17) is 10.00 Å². The van der Waals surface area contributed by atoms with Crippen LogP contribution in [0, 0.1) is 11.3 Å². The maximum absolute atomic E-state index is 14.6. The molecular weight excluding hydrogens is 335 g/mol. The minimum Gasteiger partial charge on any atom is -0.507 e. The first kappa shape index (κ1) is 16.7. The van der Waals surface area contributed by atoms with E-state index in [2.05, 4.69) is 15.5 Å². The third-order valence-corrected chi connectivity index (χ3v) is 5.09. The molecule has 2 N–H and O–H groups in total. The summed E-state index contributed by atoms with van der Waals surface area (Å²) >= 11 is 0. The van der Waals surface area contributed by atoms with Crippen LogP contribution < -0.4 is 10.1 Å². The van der Waals surface area contributed by atoms with Crippen molar-refractivity contribution in [3.8, 4) is 29.0 Å². The van der Waals surface area contributed by atoms with Gasteiger partial charge in [-0.1, -0.05) is 6.42 Å². The molecule has 6 nitrogen and oxygen atoms in total. The van der Waals surface area contributed by atoms with Crippen molar-refractivity contribution in [2.24, 2.45) is 0 Å². The van der Waals surface area contributed by atoms with Gasteiger partial charge in [-0.25, -0.2) is 4.39 Å². The first-order valence-corrected chi connectivity index (χ1v) is 8.78. The molecule has 3 heterocycles. The van der Waals surface area contributed by atoms with E-state index >= 15 is 0 Å². The first-order valence-electron chi connectivity index (χ1n) is 8.78. The van der Waals surface area contributed by atoms with Crippen molar-refractivity contribution in [3.05, 3.63) is 35.9 Å². The average molecular weight is 354 g/mol. The number of halogens is 1. The van der Waals surface area contributed by atoms with Crippen LogP contribution in [0.2, 0.25) is 0 Å². The van der Waals surface area contributed by atoms with Gasteiger partial charge < -0.3 is 15.2 Å². The van der Waals surface area contributed by atoms with Gasteiger partial charge in [0.2, 0.25) is 5.88 Å². The molecular formula is C19H19FN4O2. The number of nitriles is 1. The molecule has 1 aromatic heterocycles. The van der Waals surface area contributed by atoms with Crippen LogP contribution in [-0.4, -0.2) is 39.7 Å². The standard InChI is InChI=1S/C19H19FN4O2/c20-19-15-3-1-2-12(22-15)9-17(19)26-18-7-6-14(23-24-18)13-5-4-11(10-21)8-16(13)25/h4-8,12,15,17,19,22,25H,1-3,9H2/t12?,15?,17-,19+/m0/s1. The van der Waals surface area contributed by atoms with E-state index in [0.29, 0.717) is 29.3 Å². The van der Waals surface area contributed by atoms with Crippen molar-refractivity contribution >= 4 is 0 Å². The average Bonchev–Trinajstić information content (AvgIpc) is 2.67. The van der Waals surface area contributed by atoms with Gasteiger partial charge >= 0.3 is 0 Å². The number of alkyl halides is 1. The summed E-state index contributed by atoms with van der Waals surface area (Å²) in [6, 6.07) is 10.0. The Bertz CT molecular complexity index is 836. The lowest BCUT2D eigenvalue weighted by Crippen LogP contribution is -2.59. The van der Waals surface area contributed by atoms with Gasteiger partial charge in [-0.05, 0) is 37.1 Å². The highest BCUT2D eigenvalue weighted by molar-refractivity contribution is 5.67. The normalized spacial score (nSPS) is 27.5. The summed E-state index contributed by atoms with van der Waals surface area (Å²) in [5, 5.41) is 30.3. The van der Waals surface area contributed by atoms with Crippen LogP contribution in [-0.2, 0) is 0 Å². The molecule has 2 aromatic rings. The molecule has 2 saturated heterocycles. The van der Waals surface area contributed by atoms with E-state index in [1.165, 1.54) is 6.07 Å². The zero-order valence-corrected chi connectivity index (χ0v) is 14.1. The summed E-state index contributed by atoms with van der Waals surface area (Å²) in [5.74, 6) is 0.233. The number of phenols is 1. The van der Waals surface area contributed by atoms with Gasteiger partial charge in [-0.3, -0.25) is 0 Å². The second-order valence-electron chi connectivity index (χ2n) is 6.84. The maximum Gasteiger partial charge on any atom is 0.233 e. The quantitative estimate of drug-likeness (QED) is 0.881. The first-order chi connectivity index (χ1) is 12.6. The fourth-order valence-electron chi connectivity index (χ4n) is 3.77. The Morgan fingerprint density at radius 1 is 1.23 bits per heavy atom. The molecule has 7 heteroatoms. The summed E-state index contributed by atoms with van der Waals surface area (Å²) in [6.45, 7) is 0. The molecule has 4 atom stereocenters. The lowest BCUT2D eigenvalue weighted by Gasteiger charge is -2.42. The topological polar surface area (TPSA) is 91.1 Å². The molecule has 4 rings (SSSR count). The summed E-state index contributed by atoms with van der Waals surface area (Å²) in [5.41, 5.74) is 1.30. The van der Waals surface area contributed by atoms with Crippen molar-refractivity contribution in [1.29, 1.82) is 5.26 Å². The van der Waals surface area contributed by atoms with Gasteiger partial charge in [0, 0.05) is 30.1 Å². The second-order valence-corrected chi connectivity index (χ2v) is 6.84. The van der Waals surface area contributed by atoms with Gasteiger partial charge in [-0.15, -0.1) is 10.2 Å². The highest BCUT2D eigenvalue weighted by Gasteiger charge is 2.41. The molecule has 2 unspecified atom stereocenters. The molecule has 134 valence electrons. The van der Waals surface area contributed by atoms with Crippen LogP contribution >= 0.6 is 0 Å². The fraction of sp³-hybridized carbons (Fsp3) is 0.421. The number of piperidine rings is 2. The van der Waals surface area contributed by atoms with E-state index in [1.54, 1.807) is 24.3 Å². The minimum absolute atomic E-state index is 0.0398.